The number of hydrogen-bond donors (Lipinski definition) is 0. The summed E-state index contributed by atoms with van der Waals surface area (Å²) in [6.45, 7) is 6.41. The molecule has 0 spiro atoms. The lowest BCUT2D eigenvalue weighted by Crippen LogP contribution is -2.23. The Kier molecular flexibility index (Phi) is 5.18. The van der Waals surface area contributed by atoms with Crippen LogP contribution in [0.5, 0.6) is 5.75 Å². The lowest BCUT2D eigenvalue weighted by atomic mass is 10.0. The van der Waals surface area contributed by atoms with E-state index in [2.05, 4.69) is 28.4 Å². The third-order valence-corrected chi connectivity index (χ3v) is 5.23. The zero-order chi connectivity index (χ0) is 21.3. The molecule has 2 heterocycles. The molecular weight excluding hydrogens is 378 g/mol. The largest absolute Gasteiger partial charge is 0.489 e. The van der Waals surface area contributed by atoms with Gasteiger partial charge in [-0.15, -0.1) is 0 Å². The first-order valence-corrected chi connectivity index (χ1v) is 9.68. The second kappa shape index (κ2) is 7.94. The molecule has 0 amide bonds. The van der Waals surface area contributed by atoms with Gasteiger partial charge in [0.15, 0.2) is 0 Å². The minimum Gasteiger partial charge on any atom is -0.489 e. The summed E-state index contributed by atoms with van der Waals surface area (Å²) in [6.07, 6.45) is 3.67. The molecule has 0 N–H and O–H groups in total. The molecule has 0 radical (unpaired) electrons. The molecule has 0 fully saturated rings. The standard InChI is InChI=1S/C23H23N5O2/c1-15-6-5-7-21(28-23(29)27(4)25-26-28)20(15)14-30-22-9-8-18(12-17(22)3)19-13-24-11-10-16(19)2/h5-13H,14H2,1-4H3. The van der Waals surface area contributed by atoms with Crippen molar-refractivity contribution < 1.29 is 4.74 Å². The van der Waals surface area contributed by atoms with Crippen molar-refractivity contribution in [2.24, 2.45) is 7.05 Å². The third kappa shape index (κ3) is 3.61. The number of rotatable bonds is 5. The van der Waals surface area contributed by atoms with Gasteiger partial charge in [0.05, 0.1) is 5.69 Å². The predicted molar refractivity (Wildman–Crippen MR) is 115 cm³/mol. The summed E-state index contributed by atoms with van der Waals surface area (Å²) in [5.74, 6) is 0.793. The summed E-state index contributed by atoms with van der Waals surface area (Å²) in [5.41, 5.74) is 6.71. The fraction of sp³-hybridized carbons (Fsp3) is 0.217. The van der Waals surface area contributed by atoms with Crippen LogP contribution in [0.4, 0.5) is 0 Å². The highest BCUT2D eigenvalue weighted by atomic mass is 16.5. The summed E-state index contributed by atoms with van der Waals surface area (Å²) in [4.78, 5) is 16.6. The van der Waals surface area contributed by atoms with Gasteiger partial charge in [-0.3, -0.25) is 4.98 Å². The lowest BCUT2D eigenvalue weighted by Gasteiger charge is -2.15. The normalized spacial score (nSPS) is 10.9. The summed E-state index contributed by atoms with van der Waals surface area (Å²) in [5, 5.41) is 7.78. The maximum atomic E-state index is 12.3. The second-order valence-electron chi connectivity index (χ2n) is 7.33. The highest BCUT2D eigenvalue weighted by Gasteiger charge is 2.14. The number of hydrogen-bond acceptors (Lipinski definition) is 5. The molecule has 2 aromatic carbocycles. The molecule has 0 saturated heterocycles. The molecule has 0 aliphatic carbocycles. The van der Waals surface area contributed by atoms with Gasteiger partial charge in [-0.05, 0) is 77.7 Å². The third-order valence-electron chi connectivity index (χ3n) is 5.23. The molecule has 7 nitrogen and oxygen atoms in total. The van der Waals surface area contributed by atoms with Gasteiger partial charge >= 0.3 is 5.69 Å². The zero-order valence-corrected chi connectivity index (χ0v) is 17.5. The first-order chi connectivity index (χ1) is 14.5. The number of benzene rings is 2. The summed E-state index contributed by atoms with van der Waals surface area (Å²) >= 11 is 0. The van der Waals surface area contributed by atoms with E-state index in [1.165, 1.54) is 14.9 Å². The number of aryl methyl sites for hydroxylation is 4. The Bertz CT molecular complexity index is 1270. The number of pyridine rings is 1. The van der Waals surface area contributed by atoms with Crippen LogP contribution in [0.15, 0.2) is 59.7 Å². The van der Waals surface area contributed by atoms with Gasteiger partial charge in [0.2, 0.25) is 0 Å². The average molecular weight is 401 g/mol. The SMILES string of the molecule is Cc1cc(-c2cnccc2C)ccc1OCc1c(C)cccc1-n1nnn(C)c1=O. The van der Waals surface area contributed by atoms with Crippen LogP contribution >= 0.6 is 0 Å². The van der Waals surface area contributed by atoms with Crippen molar-refractivity contribution >= 4 is 0 Å². The summed E-state index contributed by atoms with van der Waals surface area (Å²) in [6, 6.07) is 13.9. The molecule has 0 bridgehead atoms. The molecule has 0 unspecified atom stereocenters. The van der Waals surface area contributed by atoms with Gasteiger partial charge in [0, 0.05) is 30.6 Å². The van der Waals surface area contributed by atoms with Crippen molar-refractivity contribution in [3.8, 4) is 22.6 Å². The van der Waals surface area contributed by atoms with Crippen LogP contribution in [-0.2, 0) is 13.7 Å². The second-order valence-corrected chi connectivity index (χ2v) is 7.33. The monoisotopic (exact) mass is 401 g/mol. The van der Waals surface area contributed by atoms with Crippen LogP contribution in [0, 0.1) is 20.8 Å². The Balaban J connectivity index is 1.62. The Morgan fingerprint density at radius 3 is 2.50 bits per heavy atom. The van der Waals surface area contributed by atoms with E-state index in [0.717, 1.165) is 33.6 Å². The van der Waals surface area contributed by atoms with Gasteiger partial charge < -0.3 is 4.74 Å². The van der Waals surface area contributed by atoms with Crippen molar-refractivity contribution in [2.45, 2.75) is 27.4 Å². The summed E-state index contributed by atoms with van der Waals surface area (Å²) in [7, 11) is 1.58. The van der Waals surface area contributed by atoms with Gasteiger partial charge in [0.25, 0.3) is 0 Å². The van der Waals surface area contributed by atoms with Gasteiger partial charge in [-0.2, -0.15) is 9.36 Å². The van der Waals surface area contributed by atoms with Crippen LogP contribution in [-0.4, -0.2) is 24.8 Å². The topological polar surface area (TPSA) is 74.8 Å². The Hall–Kier alpha value is -3.74. The molecule has 0 aliphatic heterocycles. The predicted octanol–water partition coefficient (Wildman–Crippen LogP) is 3.53. The van der Waals surface area contributed by atoms with Crippen LogP contribution in [0.2, 0.25) is 0 Å². The van der Waals surface area contributed by atoms with E-state index in [1.54, 1.807) is 13.2 Å². The zero-order valence-electron chi connectivity index (χ0n) is 17.5. The molecule has 2 aromatic heterocycles. The van der Waals surface area contributed by atoms with E-state index >= 15 is 0 Å². The number of tetrazole rings is 1. The van der Waals surface area contributed by atoms with Crippen molar-refractivity contribution in [1.29, 1.82) is 0 Å². The van der Waals surface area contributed by atoms with E-state index in [4.69, 9.17) is 4.74 Å². The first-order valence-electron chi connectivity index (χ1n) is 9.68. The summed E-state index contributed by atoms with van der Waals surface area (Å²) < 4.78 is 8.65. The molecule has 30 heavy (non-hydrogen) atoms. The van der Waals surface area contributed by atoms with Crippen molar-refractivity contribution in [1.82, 2.24) is 24.8 Å². The van der Waals surface area contributed by atoms with E-state index in [-0.39, 0.29) is 5.69 Å². The maximum absolute atomic E-state index is 12.3. The number of aromatic nitrogens is 5. The van der Waals surface area contributed by atoms with Crippen molar-refractivity contribution in [2.75, 3.05) is 0 Å². The van der Waals surface area contributed by atoms with E-state index in [9.17, 15) is 4.79 Å². The van der Waals surface area contributed by atoms with Crippen LogP contribution in [0.25, 0.3) is 16.8 Å². The van der Waals surface area contributed by atoms with Gasteiger partial charge in [-0.1, -0.05) is 18.2 Å². The van der Waals surface area contributed by atoms with Gasteiger partial charge in [0.1, 0.15) is 12.4 Å². The van der Waals surface area contributed by atoms with E-state index in [1.807, 2.05) is 56.4 Å². The Labute approximate surface area is 174 Å². The van der Waals surface area contributed by atoms with Gasteiger partial charge in [-0.25, -0.2) is 4.79 Å². The van der Waals surface area contributed by atoms with E-state index < -0.39 is 0 Å². The first kappa shape index (κ1) is 19.6. The quantitative estimate of drug-likeness (QED) is 0.511. The minimum atomic E-state index is -0.297. The Morgan fingerprint density at radius 1 is 0.967 bits per heavy atom. The highest BCUT2D eigenvalue weighted by Crippen LogP contribution is 2.29. The van der Waals surface area contributed by atoms with Crippen LogP contribution in [0.1, 0.15) is 22.3 Å². The van der Waals surface area contributed by atoms with E-state index in [0.29, 0.717) is 12.3 Å². The molecule has 0 atom stereocenters. The minimum absolute atomic E-state index is 0.297. The molecule has 152 valence electrons. The fourth-order valence-electron chi connectivity index (χ4n) is 3.43. The van der Waals surface area contributed by atoms with Crippen LogP contribution < -0.4 is 10.4 Å². The lowest BCUT2D eigenvalue weighted by molar-refractivity contribution is 0.302. The Morgan fingerprint density at radius 2 is 1.80 bits per heavy atom. The average Bonchev–Trinajstić information content (AvgIpc) is 3.06. The molecule has 0 aliphatic rings. The van der Waals surface area contributed by atoms with Crippen molar-refractivity contribution in [3.05, 3.63) is 87.6 Å². The van der Waals surface area contributed by atoms with Crippen molar-refractivity contribution in [3.63, 3.8) is 0 Å². The van der Waals surface area contributed by atoms with Crippen LogP contribution in [0.3, 0.4) is 0 Å². The smallest absolute Gasteiger partial charge is 0.368 e. The molecule has 4 aromatic rings. The highest BCUT2D eigenvalue weighted by molar-refractivity contribution is 5.67. The fourth-order valence-corrected chi connectivity index (χ4v) is 3.43. The molecule has 7 heteroatoms. The number of ether oxygens (including phenoxy) is 1. The maximum Gasteiger partial charge on any atom is 0.368 e. The molecular formula is C23H23N5O2. The molecule has 4 rings (SSSR count). The molecule has 0 saturated carbocycles. The number of nitrogens with zero attached hydrogens (tertiary/aromatic N) is 5.